The summed E-state index contributed by atoms with van der Waals surface area (Å²) in [5, 5.41) is 12.2. The summed E-state index contributed by atoms with van der Waals surface area (Å²) in [5.41, 5.74) is 2.04. The van der Waals surface area contributed by atoms with E-state index in [1.165, 1.54) is 18.2 Å². The third-order valence-corrected chi connectivity index (χ3v) is 10.5. The summed E-state index contributed by atoms with van der Waals surface area (Å²) < 4.78 is 104. The number of fused-ring (bicyclic) bond motifs is 2. The van der Waals surface area contributed by atoms with Crippen LogP contribution in [0.2, 0.25) is 0 Å². The van der Waals surface area contributed by atoms with Crippen LogP contribution in [0.3, 0.4) is 0 Å². The molecule has 1 aliphatic carbocycles. The number of benzene rings is 2. The van der Waals surface area contributed by atoms with Gasteiger partial charge in [0.1, 0.15) is 5.75 Å². The highest BCUT2D eigenvalue weighted by Gasteiger charge is 2.41. The van der Waals surface area contributed by atoms with Gasteiger partial charge < -0.3 is 4.90 Å². The lowest BCUT2D eigenvalue weighted by Gasteiger charge is -2.27. The number of rotatable bonds is 11. The molecule has 0 unspecified atom stereocenters. The van der Waals surface area contributed by atoms with Crippen LogP contribution < -0.4 is 4.90 Å². The molecular formula is C27H31NO12S4. The first-order chi connectivity index (χ1) is 20.2. The normalized spacial score (nSPS) is 18.8. The Balaban J connectivity index is 1.83. The van der Waals surface area contributed by atoms with Crippen LogP contribution in [0.1, 0.15) is 44.4 Å². The first-order valence-electron chi connectivity index (χ1n) is 12.9. The summed E-state index contributed by atoms with van der Waals surface area (Å²) in [7, 11) is -13.3. The van der Waals surface area contributed by atoms with Crippen LogP contribution in [-0.4, -0.2) is 62.2 Å². The Labute approximate surface area is 260 Å². The molecule has 4 N–H and O–H groups in total. The lowest BCUT2D eigenvalue weighted by atomic mass is 9.80. The number of allylic oxidation sites excluding steroid dienone is 5. The molecule has 17 heteroatoms. The zero-order valence-corrected chi connectivity index (χ0v) is 27.2. The molecule has 240 valence electrons. The van der Waals surface area contributed by atoms with Gasteiger partial charge in [-0.05, 0) is 64.2 Å². The van der Waals surface area contributed by atoms with Gasteiger partial charge in [0.25, 0.3) is 30.4 Å². The van der Waals surface area contributed by atoms with Gasteiger partial charge in [-0.3, -0.25) is 13.7 Å². The molecular weight excluding hydrogens is 659 g/mol. The van der Waals surface area contributed by atoms with Crippen LogP contribution in [0, 0.1) is 0 Å². The molecule has 1 heterocycles. The van der Waals surface area contributed by atoms with E-state index in [0.29, 0.717) is 38.6 Å². The Kier molecular flexibility index (Phi) is 9.33. The van der Waals surface area contributed by atoms with Crippen LogP contribution in [0.5, 0.6) is 0 Å². The predicted octanol–water partition coefficient (Wildman–Crippen LogP) is 4.42. The topological polar surface area (TPSA) is 205 Å². The summed E-state index contributed by atoms with van der Waals surface area (Å²) in [4.78, 5) is 1.83. The zero-order valence-electron chi connectivity index (χ0n) is 24.0. The zero-order chi connectivity index (χ0) is 32.9. The van der Waals surface area contributed by atoms with E-state index in [2.05, 4.69) is 9.37 Å². The van der Waals surface area contributed by atoms with Gasteiger partial charge in [-0.2, -0.15) is 25.3 Å². The van der Waals surface area contributed by atoms with Crippen molar-refractivity contribution in [2.24, 2.45) is 0 Å². The van der Waals surface area contributed by atoms with E-state index in [9.17, 15) is 38.9 Å². The van der Waals surface area contributed by atoms with Gasteiger partial charge in [0.05, 0.1) is 22.7 Å². The Morgan fingerprint density at radius 2 is 1.57 bits per heavy atom. The summed E-state index contributed by atoms with van der Waals surface area (Å²) in [6.07, 6.45) is 4.98. The molecule has 0 fully saturated rings. The van der Waals surface area contributed by atoms with E-state index in [0.717, 1.165) is 17.6 Å². The monoisotopic (exact) mass is 689 g/mol. The molecule has 2 aromatic carbocycles. The quantitative estimate of drug-likeness (QED) is 0.112. The van der Waals surface area contributed by atoms with Crippen LogP contribution in [0.25, 0.3) is 5.57 Å². The molecule has 0 amide bonds. The molecule has 13 nitrogen and oxygen atoms in total. The second-order valence-electron chi connectivity index (χ2n) is 11.3. The third kappa shape index (κ3) is 7.12. The van der Waals surface area contributed by atoms with Crippen molar-refractivity contribution in [2.75, 3.05) is 23.0 Å². The van der Waals surface area contributed by atoms with Crippen LogP contribution in [-0.2, 0) is 50.6 Å². The van der Waals surface area contributed by atoms with Gasteiger partial charge in [0.15, 0.2) is 0 Å². The average molecular weight is 690 g/mol. The SMILES string of the molecule is CC1(C)C(/C=C/C=C2/N(CCS(=O)(=O)O)c3ccc(S(=O)(=O)O)cc3C2(C)C)=C(CS(=O)(=O)O)c2ccc(SOOO)cc21. The summed E-state index contributed by atoms with van der Waals surface area (Å²) in [5.74, 6) is -1.29. The number of anilines is 1. The number of hydrogen-bond acceptors (Lipinski definition) is 11. The van der Waals surface area contributed by atoms with Crippen LogP contribution in [0.4, 0.5) is 5.69 Å². The van der Waals surface area contributed by atoms with Gasteiger partial charge in [-0.1, -0.05) is 51.0 Å². The molecule has 0 radical (unpaired) electrons. The number of nitrogens with zero attached hydrogens (tertiary/aromatic N) is 1. The largest absolute Gasteiger partial charge is 0.343 e. The second-order valence-corrected chi connectivity index (χ2v) is 16.5. The van der Waals surface area contributed by atoms with Crippen molar-refractivity contribution >= 4 is 53.7 Å². The van der Waals surface area contributed by atoms with E-state index < -0.39 is 52.7 Å². The van der Waals surface area contributed by atoms with Gasteiger partial charge in [0.2, 0.25) is 0 Å². The van der Waals surface area contributed by atoms with E-state index in [-0.39, 0.29) is 11.4 Å². The molecule has 44 heavy (non-hydrogen) atoms. The van der Waals surface area contributed by atoms with Gasteiger partial charge in [-0.15, -0.1) is 4.33 Å². The van der Waals surface area contributed by atoms with E-state index in [1.807, 2.05) is 13.8 Å². The van der Waals surface area contributed by atoms with Crippen molar-refractivity contribution in [3.8, 4) is 0 Å². The Bertz CT molecular complexity index is 1910. The maximum atomic E-state index is 12.0. The fraction of sp³-hybridized carbons (Fsp3) is 0.333. The molecule has 0 saturated carbocycles. The van der Waals surface area contributed by atoms with Crippen LogP contribution >= 0.6 is 12.0 Å². The Morgan fingerprint density at radius 3 is 2.16 bits per heavy atom. The molecule has 0 spiro atoms. The fourth-order valence-corrected chi connectivity index (χ4v) is 7.72. The van der Waals surface area contributed by atoms with Gasteiger partial charge in [-0.25, -0.2) is 5.26 Å². The minimum atomic E-state index is -4.53. The Morgan fingerprint density at radius 1 is 0.886 bits per heavy atom. The highest BCUT2D eigenvalue weighted by molar-refractivity contribution is 7.94. The molecule has 0 atom stereocenters. The Hall–Kier alpha value is -2.58. The lowest BCUT2D eigenvalue weighted by Crippen LogP contribution is -2.30. The van der Waals surface area contributed by atoms with E-state index in [4.69, 9.17) is 5.26 Å². The molecule has 0 bridgehead atoms. The van der Waals surface area contributed by atoms with Crippen LogP contribution in [0.15, 0.2) is 75.7 Å². The molecule has 2 aliphatic rings. The average Bonchev–Trinajstić information content (AvgIpc) is 3.22. The summed E-state index contributed by atoms with van der Waals surface area (Å²) >= 11 is 0.735. The van der Waals surface area contributed by atoms with E-state index >= 15 is 0 Å². The fourth-order valence-electron chi connectivity index (χ4n) is 5.72. The highest BCUT2D eigenvalue weighted by atomic mass is 32.2. The summed E-state index contributed by atoms with van der Waals surface area (Å²) in [6, 6.07) is 8.98. The van der Waals surface area contributed by atoms with Crippen molar-refractivity contribution in [3.05, 3.63) is 82.6 Å². The summed E-state index contributed by atoms with van der Waals surface area (Å²) in [6.45, 7) is 7.11. The molecule has 1 aliphatic heterocycles. The molecule has 4 rings (SSSR count). The first kappa shape index (κ1) is 34.3. The van der Waals surface area contributed by atoms with Crippen molar-refractivity contribution in [2.45, 2.75) is 48.3 Å². The molecule has 2 aromatic rings. The molecule has 0 saturated heterocycles. The molecule has 0 aromatic heterocycles. The highest BCUT2D eigenvalue weighted by Crippen LogP contribution is 2.50. The van der Waals surface area contributed by atoms with Gasteiger partial charge >= 0.3 is 0 Å². The minimum Gasteiger partial charge on any atom is -0.343 e. The predicted molar refractivity (Wildman–Crippen MR) is 164 cm³/mol. The van der Waals surface area contributed by atoms with Crippen molar-refractivity contribution in [3.63, 3.8) is 0 Å². The first-order valence-corrected chi connectivity index (χ1v) is 18.3. The maximum absolute atomic E-state index is 12.0. The van der Waals surface area contributed by atoms with E-state index in [1.54, 1.807) is 55.2 Å². The maximum Gasteiger partial charge on any atom is 0.294 e. The standard InChI is InChI=1S/C27H31NO12S4/c1-26(2)21(20(16-43(33,34)35)19-10-8-17(14-22(19)26)41-40-39-29)6-5-7-25-27(3,4)23-15-18(44(36,37)38)9-11-24(23)28(25)12-13-42(30,31)32/h5-11,14-15,29H,12-13,16H2,1-4H3,(H,30,31,32)(H,33,34,35)(H,36,37,38)/b6-5+,25-7+. The van der Waals surface area contributed by atoms with Crippen molar-refractivity contribution in [1.29, 1.82) is 0 Å². The third-order valence-electron chi connectivity index (χ3n) is 7.73. The van der Waals surface area contributed by atoms with Crippen molar-refractivity contribution in [1.82, 2.24) is 0 Å². The number of hydrogen-bond donors (Lipinski definition) is 4. The van der Waals surface area contributed by atoms with Crippen molar-refractivity contribution < 1.29 is 53.5 Å². The van der Waals surface area contributed by atoms with Gasteiger partial charge in [0, 0.05) is 33.7 Å². The smallest absolute Gasteiger partial charge is 0.294 e. The second kappa shape index (κ2) is 12.0. The minimum absolute atomic E-state index is 0.173. The lowest BCUT2D eigenvalue weighted by molar-refractivity contribution is -0.432.